The fraction of sp³-hybridized carbons (Fsp3) is 0.718. The third kappa shape index (κ3) is 5.19. The number of carbonyl (C=O) groups excluding carboxylic acids is 3. The number of ether oxygens (including phenoxy) is 3. The zero-order valence-electron chi connectivity index (χ0n) is 29.3. The van der Waals surface area contributed by atoms with Gasteiger partial charge < -0.3 is 19.5 Å². The van der Waals surface area contributed by atoms with Gasteiger partial charge in [-0.15, -0.1) is 0 Å². The van der Waals surface area contributed by atoms with Crippen LogP contribution in [-0.4, -0.2) is 36.6 Å². The Hall–Kier alpha value is -2.83. The van der Waals surface area contributed by atoms with Crippen LogP contribution in [0.3, 0.4) is 0 Å². The second-order valence-corrected chi connectivity index (χ2v) is 16.7. The molecule has 0 bridgehead atoms. The van der Waals surface area contributed by atoms with Crippen molar-refractivity contribution in [3.8, 4) is 5.75 Å². The highest BCUT2D eigenvalue weighted by Crippen LogP contribution is 2.72. The van der Waals surface area contributed by atoms with Gasteiger partial charge >= 0.3 is 12.1 Å². The maximum Gasteiger partial charge on any atom is 0.408 e. The van der Waals surface area contributed by atoms with Gasteiger partial charge in [-0.05, 0) is 121 Å². The third-order valence-corrected chi connectivity index (χ3v) is 13.7. The van der Waals surface area contributed by atoms with Gasteiger partial charge in [0.2, 0.25) is 0 Å². The van der Waals surface area contributed by atoms with Crippen molar-refractivity contribution in [3.63, 3.8) is 0 Å². The molecule has 0 radical (unpaired) electrons. The van der Waals surface area contributed by atoms with Crippen LogP contribution in [0.5, 0.6) is 5.75 Å². The van der Waals surface area contributed by atoms with Crippen LogP contribution >= 0.6 is 0 Å². The van der Waals surface area contributed by atoms with Crippen LogP contribution in [0.2, 0.25) is 0 Å². The van der Waals surface area contributed by atoms with Crippen LogP contribution in [0, 0.1) is 45.8 Å². The molecule has 7 nitrogen and oxygen atoms in total. The van der Waals surface area contributed by atoms with Crippen molar-refractivity contribution in [2.24, 2.45) is 45.8 Å². The second-order valence-electron chi connectivity index (χ2n) is 16.7. The van der Waals surface area contributed by atoms with Gasteiger partial charge in [0.05, 0.1) is 12.6 Å². The number of fused-ring (bicyclic) bond motifs is 7. The molecule has 0 heterocycles. The molecule has 7 heteroatoms. The maximum absolute atomic E-state index is 13.8. The number of carbonyl (C=O) groups is 3. The summed E-state index contributed by atoms with van der Waals surface area (Å²) in [7, 11) is 1.63. The molecule has 0 aliphatic heterocycles. The predicted octanol–water partition coefficient (Wildman–Crippen LogP) is 8.20. The summed E-state index contributed by atoms with van der Waals surface area (Å²) in [6, 6.07) is 7.52. The number of amides is 1. The molecule has 1 aromatic rings. The molecule has 0 aromatic heterocycles. The lowest BCUT2D eigenvalue weighted by molar-refractivity contribution is -0.211. The number of hydrogen-bond acceptors (Lipinski definition) is 6. The number of allylic oxidation sites excluding steroid dienone is 1. The number of Topliss-reactive ketones (excluding diaryl/α,β-unsaturated/α-hetero) is 1. The van der Waals surface area contributed by atoms with Crippen LogP contribution in [0.25, 0.3) is 0 Å². The summed E-state index contributed by atoms with van der Waals surface area (Å²) >= 11 is 0. The highest BCUT2D eigenvalue weighted by Gasteiger charge is 2.66. The number of alkyl carbamates (subject to hydrolysis) is 1. The van der Waals surface area contributed by atoms with Crippen LogP contribution < -0.4 is 10.1 Å². The van der Waals surface area contributed by atoms with Crippen molar-refractivity contribution in [1.82, 2.24) is 5.32 Å². The summed E-state index contributed by atoms with van der Waals surface area (Å²) in [4.78, 5) is 39.2. The Labute approximate surface area is 275 Å². The van der Waals surface area contributed by atoms with Gasteiger partial charge in [-0.1, -0.05) is 53.7 Å². The van der Waals surface area contributed by atoms with Crippen molar-refractivity contribution in [2.75, 3.05) is 7.11 Å². The van der Waals surface area contributed by atoms with E-state index in [2.05, 4.69) is 46.9 Å². The molecule has 5 aliphatic rings. The Morgan fingerprint density at radius 3 is 2.26 bits per heavy atom. The first-order valence-electron chi connectivity index (χ1n) is 17.7. The third-order valence-electron chi connectivity index (χ3n) is 13.7. The molecule has 8 atom stereocenters. The number of benzene rings is 1. The fourth-order valence-electron chi connectivity index (χ4n) is 11.9. The van der Waals surface area contributed by atoms with E-state index in [1.54, 1.807) is 7.11 Å². The molecular formula is C39H55NO6. The van der Waals surface area contributed by atoms with Gasteiger partial charge in [-0.25, -0.2) is 4.79 Å². The number of hydrogen-bond donors (Lipinski definition) is 1. The van der Waals surface area contributed by atoms with Gasteiger partial charge in [-0.2, -0.15) is 0 Å². The molecule has 1 N–H and O–H groups in total. The number of esters is 1. The monoisotopic (exact) mass is 633 g/mol. The minimum Gasteiger partial charge on any atom is -0.497 e. The Bertz CT molecular complexity index is 1410. The molecule has 8 unspecified atom stereocenters. The Balaban J connectivity index is 1.26. The molecule has 46 heavy (non-hydrogen) atoms. The molecule has 4 saturated carbocycles. The highest BCUT2D eigenvalue weighted by atomic mass is 16.6. The quantitative estimate of drug-likeness (QED) is 0.318. The predicted molar refractivity (Wildman–Crippen MR) is 177 cm³/mol. The molecule has 4 fully saturated rings. The summed E-state index contributed by atoms with van der Waals surface area (Å²) in [6.45, 7) is 15.7. The van der Waals surface area contributed by atoms with Crippen LogP contribution in [-0.2, 0) is 25.7 Å². The van der Waals surface area contributed by atoms with Gasteiger partial charge in [0.15, 0.2) is 5.78 Å². The Morgan fingerprint density at radius 2 is 1.61 bits per heavy atom. The molecular weight excluding hydrogens is 578 g/mol. The summed E-state index contributed by atoms with van der Waals surface area (Å²) in [5.74, 6) is 2.71. The van der Waals surface area contributed by atoms with E-state index >= 15 is 0 Å². The van der Waals surface area contributed by atoms with Gasteiger partial charge in [-0.3, -0.25) is 9.59 Å². The molecule has 6 rings (SSSR count). The minimum absolute atomic E-state index is 0.0297. The smallest absolute Gasteiger partial charge is 0.408 e. The molecule has 252 valence electrons. The zero-order chi connectivity index (χ0) is 33.2. The Morgan fingerprint density at radius 1 is 0.913 bits per heavy atom. The van der Waals surface area contributed by atoms with Crippen molar-refractivity contribution in [2.45, 2.75) is 125 Å². The summed E-state index contributed by atoms with van der Waals surface area (Å²) in [5, 5.41) is 3.30. The highest BCUT2D eigenvalue weighted by molar-refractivity contribution is 6.02. The second kappa shape index (κ2) is 11.7. The number of ketones is 1. The number of nitrogens with one attached hydrogen (secondary N) is 1. The van der Waals surface area contributed by atoms with Crippen LogP contribution in [0.4, 0.5) is 4.79 Å². The normalized spacial score (nSPS) is 37.8. The maximum atomic E-state index is 13.8. The Kier molecular flexibility index (Phi) is 8.41. The lowest BCUT2D eigenvalue weighted by Crippen LogP contribution is -2.64. The molecule has 5 aliphatic carbocycles. The van der Waals surface area contributed by atoms with E-state index in [9.17, 15) is 14.4 Å². The fourth-order valence-corrected chi connectivity index (χ4v) is 11.9. The summed E-state index contributed by atoms with van der Waals surface area (Å²) < 4.78 is 16.9. The average Bonchev–Trinajstić information content (AvgIpc) is 3.29. The number of methoxy groups -OCH3 is 1. The lowest BCUT2D eigenvalue weighted by atomic mass is 9.37. The molecule has 1 amide bonds. The van der Waals surface area contributed by atoms with E-state index in [1.807, 2.05) is 24.3 Å². The molecule has 1 aromatic carbocycles. The van der Waals surface area contributed by atoms with E-state index in [0.717, 1.165) is 68.3 Å². The zero-order valence-corrected chi connectivity index (χ0v) is 29.3. The first-order valence-corrected chi connectivity index (χ1v) is 17.7. The minimum atomic E-state index is -0.663. The SMILES string of the molecule is COc1ccc(COC(=O)NC23CCC4C(CCC5C4(C)CCC4C(C)(C)C(OC(C)=O)CCC45C)C2=C(C(C)C)C(=O)C3)cc1. The summed E-state index contributed by atoms with van der Waals surface area (Å²) in [5.41, 5.74) is 2.66. The van der Waals surface area contributed by atoms with Gasteiger partial charge in [0, 0.05) is 18.8 Å². The van der Waals surface area contributed by atoms with Crippen LogP contribution in [0.15, 0.2) is 35.4 Å². The van der Waals surface area contributed by atoms with Gasteiger partial charge in [0.25, 0.3) is 0 Å². The lowest BCUT2D eigenvalue weighted by Gasteiger charge is -2.68. The van der Waals surface area contributed by atoms with Crippen LogP contribution in [0.1, 0.15) is 112 Å². The first kappa shape index (κ1) is 33.1. The van der Waals surface area contributed by atoms with E-state index in [0.29, 0.717) is 24.2 Å². The van der Waals surface area contributed by atoms with E-state index < -0.39 is 11.6 Å². The van der Waals surface area contributed by atoms with E-state index in [1.165, 1.54) is 12.5 Å². The number of rotatable bonds is 6. The molecule has 0 saturated heterocycles. The topological polar surface area (TPSA) is 90.9 Å². The largest absolute Gasteiger partial charge is 0.497 e. The van der Waals surface area contributed by atoms with Gasteiger partial charge in [0.1, 0.15) is 18.5 Å². The average molecular weight is 634 g/mol. The standard InChI is InChI=1S/C39H55NO6/c1-23(2)33-29(42)21-39(40-35(43)45-22-25-9-11-26(44-8)12-10-25)20-15-28-27(34(33)39)13-14-31-37(28,6)18-16-30-36(4,5)32(46-24(3)41)17-19-38(30,31)7/h9-12,23,27-28,30-32H,13-22H2,1-8H3,(H,40,43). The first-order chi connectivity index (χ1) is 21.7. The van der Waals surface area contributed by atoms with E-state index in [-0.39, 0.29) is 52.5 Å². The van der Waals surface area contributed by atoms with Crippen molar-refractivity contribution >= 4 is 17.8 Å². The van der Waals surface area contributed by atoms with E-state index in [4.69, 9.17) is 14.2 Å². The summed E-state index contributed by atoms with van der Waals surface area (Å²) in [6.07, 6.45) is 8.08. The molecule has 0 spiro atoms. The van der Waals surface area contributed by atoms with Crippen molar-refractivity contribution < 1.29 is 28.6 Å². The van der Waals surface area contributed by atoms with Crippen molar-refractivity contribution in [1.29, 1.82) is 0 Å². The van der Waals surface area contributed by atoms with Crippen molar-refractivity contribution in [3.05, 3.63) is 41.0 Å².